The van der Waals surface area contributed by atoms with E-state index in [2.05, 4.69) is 24.5 Å². The second kappa shape index (κ2) is 8.53. The van der Waals surface area contributed by atoms with Crippen molar-refractivity contribution in [3.05, 3.63) is 0 Å². The van der Waals surface area contributed by atoms with Gasteiger partial charge < -0.3 is 15.7 Å². The quantitative estimate of drug-likeness (QED) is 0.543. The zero-order valence-corrected chi connectivity index (χ0v) is 10.9. The van der Waals surface area contributed by atoms with Gasteiger partial charge in [0.25, 0.3) is 0 Å². The average molecular weight is 230 g/mol. The highest BCUT2D eigenvalue weighted by Crippen LogP contribution is 2.01. The van der Waals surface area contributed by atoms with Gasteiger partial charge in [-0.3, -0.25) is 4.79 Å². The Morgan fingerprint density at radius 3 is 2.31 bits per heavy atom. The number of rotatable bonds is 8. The first-order valence-corrected chi connectivity index (χ1v) is 6.11. The topological polar surface area (TPSA) is 61.4 Å². The molecule has 0 unspecified atom stereocenters. The van der Waals surface area contributed by atoms with Gasteiger partial charge in [-0.15, -0.1) is 0 Å². The van der Waals surface area contributed by atoms with Crippen molar-refractivity contribution in [2.75, 3.05) is 13.2 Å². The molecule has 4 heteroatoms. The number of carbonyl (C=O) groups is 1. The number of amides is 1. The average Bonchev–Trinajstić information content (AvgIpc) is 2.20. The third kappa shape index (κ3) is 7.65. The van der Waals surface area contributed by atoms with Crippen molar-refractivity contribution in [2.45, 2.75) is 52.6 Å². The number of nitrogens with one attached hydrogen (secondary N) is 2. The summed E-state index contributed by atoms with van der Waals surface area (Å²) in [5.41, 5.74) is 0. The van der Waals surface area contributed by atoms with Crippen LogP contribution in [0.3, 0.4) is 0 Å². The van der Waals surface area contributed by atoms with Crippen LogP contribution in [0, 0.1) is 5.92 Å². The van der Waals surface area contributed by atoms with Gasteiger partial charge in [0.2, 0.25) is 5.91 Å². The Kier molecular flexibility index (Phi) is 8.21. The summed E-state index contributed by atoms with van der Waals surface area (Å²) in [5.74, 6) is 0.293. The highest BCUT2D eigenvalue weighted by Gasteiger charge is 2.14. The van der Waals surface area contributed by atoms with E-state index < -0.39 is 0 Å². The van der Waals surface area contributed by atoms with Gasteiger partial charge in [0.15, 0.2) is 0 Å². The Bertz CT molecular complexity index is 193. The molecule has 1 amide bonds. The molecule has 0 aliphatic heterocycles. The molecule has 0 aliphatic rings. The van der Waals surface area contributed by atoms with E-state index in [-0.39, 0.29) is 24.5 Å². The van der Waals surface area contributed by atoms with E-state index in [1.807, 2.05) is 13.8 Å². The summed E-state index contributed by atoms with van der Waals surface area (Å²) in [6.07, 6.45) is 1.35. The monoisotopic (exact) mass is 230 g/mol. The van der Waals surface area contributed by atoms with Crippen molar-refractivity contribution in [1.82, 2.24) is 10.6 Å². The molecule has 0 aromatic carbocycles. The van der Waals surface area contributed by atoms with E-state index in [0.29, 0.717) is 12.5 Å². The Morgan fingerprint density at radius 1 is 1.25 bits per heavy atom. The second-order valence-corrected chi connectivity index (χ2v) is 4.81. The Balaban J connectivity index is 3.65. The van der Waals surface area contributed by atoms with Crippen LogP contribution in [0.5, 0.6) is 0 Å². The first kappa shape index (κ1) is 15.4. The lowest BCUT2D eigenvalue weighted by molar-refractivity contribution is -0.122. The van der Waals surface area contributed by atoms with Crippen LogP contribution in [0.2, 0.25) is 0 Å². The van der Waals surface area contributed by atoms with Gasteiger partial charge in [-0.05, 0) is 18.9 Å². The molecule has 0 radical (unpaired) electrons. The lowest BCUT2D eigenvalue weighted by atomic mass is 10.1. The smallest absolute Gasteiger partial charge is 0.220 e. The SMILES string of the molecule is CC(C)NCCCC(=O)N[C@H](CO)C(C)C. The van der Waals surface area contributed by atoms with Gasteiger partial charge in [-0.2, -0.15) is 0 Å². The number of hydrogen-bond acceptors (Lipinski definition) is 3. The predicted octanol–water partition coefficient (Wildman–Crippen LogP) is 0.898. The van der Waals surface area contributed by atoms with Crippen molar-refractivity contribution in [2.24, 2.45) is 5.92 Å². The van der Waals surface area contributed by atoms with Crippen LogP contribution in [0.15, 0.2) is 0 Å². The molecular weight excluding hydrogens is 204 g/mol. The maximum Gasteiger partial charge on any atom is 0.220 e. The van der Waals surface area contributed by atoms with Gasteiger partial charge in [-0.1, -0.05) is 27.7 Å². The first-order chi connectivity index (χ1) is 7.47. The molecule has 0 heterocycles. The first-order valence-electron chi connectivity index (χ1n) is 6.11. The van der Waals surface area contributed by atoms with Crippen LogP contribution in [-0.4, -0.2) is 36.2 Å². The van der Waals surface area contributed by atoms with Gasteiger partial charge in [-0.25, -0.2) is 0 Å². The van der Waals surface area contributed by atoms with Gasteiger partial charge in [0.05, 0.1) is 12.6 Å². The maximum atomic E-state index is 11.5. The molecule has 3 N–H and O–H groups in total. The standard InChI is InChI=1S/C12H26N2O2/c1-9(2)11(8-15)14-12(16)6-5-7-13-10(3)4/h9-11,13,15H,5-8H2,1-4H3,(H,14,16)/t11-/m1/s1. The largest absolute Gasteiger partial charge is 0.394 e. The summed E-state index contributed by atoms with van der Waals surface area (Å²) in [6.45, 7) is 9.01. The molecule has 0 aliphatic carbocycles. The normalized spacial score (nSPS) is 13.2. The number of aliphatic hydroxyl groups is 1. The Morgan fingerprint density at radius 2 is 1.88 bits per heavy atom. The van der Waals surface area contributed by atoms with E-state index >= 15 is 0 Å². The fraction of sp³-hybridized carbons (Fsp3) is 0.917. The predicted molar refractivity (Wildman–Crippen MR) is 66.2 cm³/mol. The Hall–Kier alpha value is -0.610. The van der Waals surface area contributed by atoms with E-state index in [9.17, 15) is 4.79 Å². The minimum absolute atomic E-state index is 0.00759. The zero-order chi connectivity index (χ0) is 12.6. The van der Waals surface area contributed by atoms with Gasteiger partial charge >= 0.3 is 0 Å². The van der Waals surface area contributed by atoms with Crippen molar-refractivity contribution < 1.29 is 9.90 Å². The van der Waals surface area contributed by atoms with Crippen LogP contribution >= 0.6 is 0 Å². The van der Waals surface area contributed by atoms with Crippen molar-refractivity contribution in [3.63, 3.8) is 0 Å². The molecular formula is C12H26N2O2. The molecule has 0 rings (SSSR count). The molecule has 0 saturated heterocycles. The molecule has 96 valence electrons. The molecule has 0 bridgehead atoms. The van der Waals surface area contributed by atoms with E-state index in [0.717, 1.165) is 13.0 Å². The summed E-state index contributed by atoms with van der Waals surface area (Å²) in [7, 11) is 0. The van der Waals surface area contributed by atoms with Gasteiger partial charge in [0, 0.05) is 12.5 Å². The summed E-state index contributed by atoms with van der Waals surface area (Å²) < 4.78 is 0. The highest BCUT2D eigenvalue weighted by atomic mass is 16.3. The Labute approximate surface area is 98.8 Å². The van der Waals surface area contributed by atoms with Crippen LogP contribution < -0.4 is 10.6 Å². The van der Waals surface area contributed by atoms with Crippen LogP contribution in [0.4, 0.5) is 0 Å². The van der Waals surface area contributed by atoms with Crippen molar-refractivity contribution in [3.8, 4) is 0 Å². The fourth-order valence-corrected chi connectivity index (χ4v) is 1.34. The fourth-order valence-electron chi connectivity index (χ4n) is 1.34. The molecule has 0 aromatic rings. The second-order valence-electron chi connectivity index (χ2n) is 4.81. The summed E-state index contributed by atoms with van der Waals surface area (Å²) in [4.78, 5) is 11.5. The van der Waals surface area contributed by atoms with Crippen LogP contribution in [0.1, 0.15) is 40.5 Å². The number of carbonyl (C=O) groups excluding carboxylic acids is 1. The minimum Gasteiger partial charge on any atom is -0.394 e. The maximum absolute atomic E-state index is 11.5. The lowest BCUT2D eigenvalue weighted by Crippen LogP contribution is -2.41. The molecule has 1 atom stereocenters. The molecule has 0 saturated carbocycles. The van der Waals surface area contributed by atoms with E-state index in [4.69, 9.17) is 5.11 Å². The van der Waals surface area contributed by atoms with E-state index in [1.54, 1.807) is 0 Å². The highest BCUT2D eigenvalue weighted by molar-refractivity contribution is 5.76. The minimum atomic E-state index is -0.120. The van der Waals surface area contributed by atoms with Crippen LogP contribution in [-0.2, 0) is 4.79 Å². The zero-order valence-electron chi connectivity index (χ0n) is 10.9. The summed E-state index contributed by atoms with van der Waals surface area (Å²) in [6, 6.07) is 0.342. The van der Waals surface area contributed by atoms with Crippen molar-refractivity contribution >= 4 is 5.91 Å². The van der Waals surface area contributed by atoms with E-state index in [1.165, 1.54) is 0 Å². The molecule has 16 heavy (non-hydrogen) atoms. The number of aliphatic hydroxyl groups excluding tert-OH is 1. The molecule has 4 nitrogen and oxygen atoms in total. The lowest BCUT2D eigenvalue weighted by Gasteiger charge is -2.19. The molecule has 0 spiro atoms. The third-order valence-corrected chi connectivity index (χ3v) is 2.48. The molecule has 0 aromatic heterocycles. The molecule has 0 fully saturated rings. The summed E-state index contributed by atoms with van der Waals surface area (Å²) >= 11 is 0. The third-order valence-electron chi connectivity index (χ3n) is 2.48. The van der Waals surface area contributed by atoms with Crippen molar-refractivity contribution in [1.29, 1.82) is 0 Å². The number of hydrogen-bond donors (Lipinski definition) is 3. The summed E-state index contributed by atoms with van der Waals surface area (Å²) in [5, 5.41) is 15.2. The van der Waals surface area contributed by atoms with Crippen LogP contribution in [0.25, 0.3) is 0 Å². The van der Waals surface area contributed by atoms with Gasteiger partial charge in [0.1, 0.15) is 0 Å².